The van der Waals surface area contributed by atoms with Gasteiger partial charge < -0.3 is 0 Å². The van der Waals surface area contributed by atoms with Crippen molar-refractivity contribution in [1.82, 2.24) is 9.55 Å². The molecule has 17 heavy (non-hydrogen) atoms. The zero-order chi connectivity index (χ0) is 12.6. The fraction of sp³-hybridized carbons (Fsp3) is 0.182. The second-order valence-corrected chi connectivity index (χ2v) is 3.44. The van der Waals surface area contributed by atoms with Crippen LogP contribution in [0.4, 0.5) is 17.6 Å². The Kier molecular flexibility index (Phi) is 2.87. The number of imidazole rings is 1. The summed E-state index contributed by atoms with van der Waals surface area (Å²) in [5.74, 6) is -1.72. The minimum atomic E-state index is -2.85. The van der Waals surface area contributed by atoms with Crippen LogP contribution in [0.15, 0.2) is 24.4 Å². The lowest BCUT2D eigenvalue weighted by atomic mass is 10.2. The van der Waals surface area contributed by atoms with Gasteiger partial charge in [0.1, 0.15) is 28.8 Å². The number of benzene rings is 1. The Morgan fingerprint density at radius 3 is 2.29 bits per heavy atom. The van der Waals surface area contributed by atoms with Gasteiger partial charge in [-0.05, 0) is 19.1 Å². The second-order valence-electron chi connectivity index (χ2n) is 3.44. The fourth-order valence-corrected chi connectivity index (χ4v) is 1.61. The minimum absolute atomic E-state index is 0.101. The molecular formula is C11H8F4N2. The average Bonchev–Trinajstić information content (AvgIpc) is 2.61. The summed E-state index contributed by atoms with van der Waals surface area (Å²) in [7, 11) is 0. The Balaban J connectivity index is 2.72. The Bertz CT molecular complexity index is 528. The molecule has 0 aliphatic rings. The summed E-state index contributed by atoms with van der Waals surface area (Å²) in [6.07, 6.45) is -1.94. The van der Waals surface area contributed by atoms with Gasteiger partial charge in [0.15, 0.2) is 0 Å². The summed E-state index contributed by atoms with van der Waals surface area (Å²) < 4.78 is 53.2. The Labute approximate surface area is 94.5 Å². The van der Waals surface area contributed by atoms with Crippen LogP contribution >= 0.6 is 0 Å². The van der Waals surface area contributed by atoms with Crippen LogP contribution in [-0.2, 0) is 0 Å². The van der Waals surface area contributed by atoms with Crippen molar-refractivity contribution >= 4 is 0 Å². The molecule has 1 aromatic carbocycles. The number of nitrogens with zero attached hydrogens (tertiary/aromatic N) is 2. The number of rotatable bonds is 2. The van der Waals surface area contributed by atoms with Crippen LogP contribution in [0.5, 0.6) is 0 Å². The first-order valence-electron chi connectivity index (χ1n) is 4.79. The van der Waals surface area contributed by atoms with Gasteiger partial charge in [-0.3, -0.25) is 4.57 Å². The highest BCUT2D eigenvalue weighted by molar-refractivity contribution is 5.38. The van der Waals surface area contributed by atoms with Crippen molar-refractivity contribution < 1.29 is 17.6 Å². The summed E-state index contributed by atoms with van der Waals surface area (Å²) in [5, 5.41) is 0. The number of aryl methyl sites for hydroxylation is 1. The molecule has 0 aliphatic heterocycles. The van der Waals surface area contributed by atoms with Crippen molar-refractivity contribution in [3.05, 3.63) is 47.5 Å². The lowest BCUT2D eigenvalue weighted by Gasteiger charge is -2.11. The Hall–Kier alpha value is -1.85. The molecule has 6 heteroatoms. The molecule has 2 nitrogen and oxygen atoms in total. The van der Waals surface area contributed by atoms with Gasteiger partial charge in [-0.2, -0.15) is 0 Å². The van der Waals surface area contributed by atoms with E-state index in [-0.39, 0.29) is 5.82 Å². The standard InChI is InChI=1S/C11H8F4N2/c1-6-16-5-9(11(14)15)17(6)10-7(12)3-2-4-8(10)13/h2-5,11H,1H3. The molecule has 90 valence electrons. The van der Waals surface area contributed by atoms with E-state index in [0.29, 0.717) is 0 Å². The zero-order valence-electron chi connectivity index (χ0n) is 8.79. The van der Waals surface area contributed by atoms with E-state index in [0.717, 1.165) is 22.9 Å². The van der Waals surface area contributed by atoms with Crippen molar-refractivity contribution in [2.45, 2.75) is 13.3 Å². The monoisotopic (exact) mass is 244 g/mol. The topological polar surface area (TPSA) is 17.8 Å². The van der Waals surface area contributed by atoms with Gasteiger partial charge in [0, 0.05) is 0 Å². The number of aromatic nitrogens is 2. The molecule has 1 heterocycles. The average molecular weight is 244 g/mol. The van der Waals surface area contributed by atoms with E-state index in [9.17, 15) is 17.6 Å². The van der Waals surface area contributed by atoms with Crippen LogP contribution in [0.25, 0.3) is 5.69 Å². The maximum absolute atomic E-state index is 13.5. The number of para-hydroxylation sites is 1. The summed E-state index contributed by atoms with van der Waals surface area (Å²) in [4.78, 5) is 3.65. The van der Waals surface area contributed by atoms with Crippen molar-refractivity contribution in [3.8, 4) is 5.69 Å². The van der Waals surface area contributed by atoms with Crippen LogP contribution in [-0.4, -0.2) is 9.55 Å². The van der Waals surface area contributed by atoms with E-state index >= 15 is 0 Å². The molecule has 0 saturated carbocycles. The van der Waals surface area contributed by atoms with Gasteiger partial charge in [0.05, 0.1) is 6.20 Å². The molecule has 1 aromatic heterocycles. The molecule has 0 saturated heterocycles. The van der Waals surface area contributed by atoms with E-state index in [2.05, 4.69) is 4.98 Å². The van der Waals surface area contributed by atoms with Crippen LogP contribution < -0.4 is 0 Å². The van der Waals surface area contributed by atoms with Gasteiger partial charge in [-0.25, -0.2) is 22.5 Å². The Morgan fingerprint density at radius 1 is 1.18 bits per heavy atom. The summed E-state index contributed by atoms with van der Waals surface area (Å²) >= 11 is 0. The third-order valence-corrected chi connectivity index (χ3v) is 2.35. The molecule has 0 bridgehead atoms. The lowest BCUT2D eigenvalue weighted by Crippen LogP contribution is -2.07. The maximum Gasteiger partial charge on any atom is 0.280 e. The van der Waals surface area contributed by atoms with Gasteiger partial charge >= 0.3 is 0 Å². The van der Waals surface area contributed by atoms with E-state index in [4.69, 9.17) is 0 Å². The van der Waals surface area contributed by atoms with Crippen molar-refractivity contribution in [1.29, 1.82) is 0 Å². The zero-order valence-corrected chi connectivity index (χ0v) is 8.79. The van der Waals surface area contributed by atoms with Crippen LogP contribution in [0, 0.1) is 18.6 Å². The lowest BCUT2D eigenvalue weighted by molar-refractivity contribution is 0.143. The fourth-order valence-electron chi connectivity index (χ4n) is 1.61. The van der Waals surface area contributed by atoms with Crippen LogP contribution in [0.3, 0.4) is 0 Å². The highest BCUT2D eigenvalue weighted by atomic mass is 19.3. The number of halogens is 4. The van der Waals surface area contributed by atoms with E-state index < -0.39 is 29.4 Å². The first-order valence-corrected chi connectivity index (χ1v) is 4.79. The van der Waals surface area contributed by atoms with Crippen molar-refractivity contribution in [2.75, 3.05) is 0 Å². The van der Waals surface area contributed by atoms with Crippen LogP contribution in [0.1, 0.15) is 17.9 Å². The normalized spacial score (nSPS) is 11.2. The highest BCUT2D eigenvalue weighted by Gasteiger charge is 2.21. The highest BCUT2D eigenvalue weighted by Crippen LogP contribution is 2.26. The molecular weight excluding hydrogens is 236 g/mol. The molecule has 0 spiro atoms. The third kappa shape index (κ3) is 1.90. The first kappa shape index (κ1) is 11.6. The molecule has 0 amide bonds. The van der Waals surface area contributed by atoms with Crippen molar-refractivity contribution in [3.63, 3.8) is 0 Å². The molecule has 0 aliphatic carbocycles. The van der Waals surface area contributed by atoms with Crippen LogP contribution in [0.2, 0.25) is 0 Å². The summed E-state index contributed by atoms with van der Waals surface area (Å²) in [6, 6.07) is 3.18. The maximum atomic E-state index is 13.5. The summed E-state index contributed by atoms with van der Waals surface area (Å²) in [5.41, 5.74) is -1.07. The van der Waals surface area contributed by atoms with E-state index in [1.54, 1.807) is 0 Å². The quantitative estimate of drug-likeness (QED) is 0.740. The molecule has 0 atom stereocenters. The largest absolute Gasteiger partial charge is 0.290 e. The van der Waals surface area contributed by atoms with E-state index in [1.165, 1.54) is 13.0 Å². The molecule has 0 radical (unpaired) electrons. The molecule has 2 aromatic rings. The van der Waals surface area contributed by atoms with Gasteiger partial charge in [0.25, 0.3) is 6.43 Å². The SMILES string of the molecule is Cc1ncc(C(F)F)n1-c1c(F)cccc1F. The van der Waals surface area contributed by atoms with E-state index in [1.807, 2.05) is 0 Å². The predicted molar refractivity (Wildman–Crippen MR) is 53.2 cm³/mol. The smallest absolute Gasteiger partial charge is 0.280 e. The molecule has 0 unspecified atom stereocenters. The van der Waals surface area contributed by atoms with Gasteiger partial charge in [-0.15, -0.1) is 0 Å². The number of alkyl halides is 2. The molecule has 0 N–H and O–H groups in total. The second kappa shape index (κ2) is 4.20. The summed E-state index contributed by atoms with van der Waals surface area (Å²) in [6.45, 7) is 1.40. The van der Waals surface area contributed by atoms with Crippen molar-refractivity contribution in [2.24, 2.45) is 0 Å². The number of hydrogen-bond donors (Lipinski definition) is 0. The van der Waals surface area contributed by atoms with Gasteiger partial charge in [-0.1, -0.05) is 6.07 Å². The first-order chi connectivity index (χ1) is 8.02. The minimum Gasteiger partial charge on any atom is -0.290 e. The molecule has 0 fully saturated rings. The predicted octanol–water partition coefficient (Wildman–Crippen LogP) is 3.40. The van der Waals surface area contributed by atoms with Gasteiger partial charge in [0.2, 0.25) is 0 Å². The number of hydrogen-bond acceptors (Lipinski definition) is 1. The third-order valence-electron chi connectivity index (χ3n) is 2.35. The molecule has 2 rings (SSSR count). The Morgan fingerprint density at radius 2 is 1.76 bits per heavy atom.